The van der Waals surface area contributed by atoms with Gasteiger partial charge in [0.05, 0.1) is 10.7 Å². The highest BCUT2D eigenvalue weighted by molar-refractivity contribution is 7.09. The highest BCUT2D eigenvalue weighted by atomic mass is 32.1. The molecule has 140 valence electrons. The number of aryl methyl sites for hydroxylation is 1. The maximum atomic E-state index is 13.8. The molecule has 0 aliphatic heterocycles. The predicted octanol–water partition coefficient (Wildman–Crippen LogP) is 4.58. The zero-order valence-electron chi connectivity index (χ0n) is 14.9. The Morgan fingerprint density at radius 3 is 2.74 bits per heavy atom. The lowest BCUT2D eigenvalue weighted by atomic mass is 10.1. The van der Waals surface area contributed by atoms with E-state index in [-0.39, 0.29) is 18.0 Å². The smallest absolute Gasteiger partial charge is 0.254 e. The second kappa shape index (κ2) is 8.26. The van der Waals surface area contributed by atoms with Crippen molar-refractivity contribution in [3.63, 3.8) is 0 Å². The summed E-state index contributed by atoms with van der Waals surface area (Å²) in [4.78, 5) is 18.3. The number of carbonyl (C=O) groups is 1. The number of carbonyl (C=O) groups excluding carboxylic acids is 1. The number of hydrogen-bond acceptors (Lipinski definition) is 4. The summed E-state index contributed by atoms with van der Waals surface area (Å²) in [5.74, 6) is -1.06. The molecule has 0 fully saturated rings. The van der Waals surface area contributed by atoms with Gasteiger partial charge in [-0.1, -0.05) is 12.1 Å². The number of ether oxygens (including phenoxy) is 1. The first kappa shape index (κ1) is 19.0. The quantitative estimate of drug-likeness (QED) is 0.621. The van der Waals surface area contributed by atoms with Gasteiger partial charge in [-0.15, -0.1) is 11.3 Å². The van der Waals surface area contributed by atoms with Gasteiger partial charge in [0.15, 0.2) is 0 Å². The lowest BCUT2D eigenvalue weighted by Gasteiger charge is -2.18. The van der Waals surface area contributed by atoms with Gasteiger partial charge in [-0.2, -0.15) is 0 Å². The summed E-state index contributed by atoms with van der Waals surface area (Å²) >= 11 is 1.55. The second-order valence-electron chi connectivity index (χ2n) is 6.07. The molecule has 0 aliphatic carbocycles. The van der Waals surface area contributed by atoms with Crippen molar-refractivity contribution in [2.75, 3.05) is 7.05 Å². The molecular weight excluding hydrogens is 370 g/mol. The Morgan fingerprint density at radius 2 is 2.04 bits per heavy atom. The Kier molecular flexibility index (Phi) is 5.81. The van der Waals surface area contributed by atoms with Gasteiger partial charge in [-0.05, 0) is 31.2 Å². The topological polar surface area (TPSA) is 42.4 Å². The van der Waals surface area contributed by atoms with E-state index in [9.17, 15) is 13.6 Å². The van der Waals surface area contributed by atoms with Gasteiger partial charge in [0, 0.05) is 36.2 Å². The van der Waals surface area contributed by atoms with E-state index >= 15 is 0 Å². The van der Waals surface area contributed by atoms with Gasteiger partial charge in [-0.25, -0.2) is 13.8 Å². The fraction of sp³-hybridized carbons (Fsp3) is 0.200. The fourth-order valence-corrected chi connectivity index (χ4v) is 3.15. The van der Waals surface area contributed by atoms with Crippen LogP contribution in [0.5, 0.6) is 5.75 Å². The third-order valence-electron chi connectivity index (χ3n) is 3.90. The van der Waals surface area contributed by atoms with Crippen LogP contribution in [0.1, 0.15) is 26.6 Å². The van der Waals surface area contributed by atoms with E-state index in [1.165, 1.54) is 17.0 Å². The Balaban J connectivity index is 1.66. The van der Waals surface area contributed by atoms with Crippen LogP contribution in [0.4, 0.5) is 8.78 Å². The summed E-state index contributed by atoms with van der Waals surface area (Å²) in [6.45, 7) is 2.28. The van der Waals surface area contributed by atoms with E-state index in [2.05, 4.69) is 4.98 Å². The molecule has 3 aromatic rings. The average Bonchev–Trinajstić information content (AvgIpc) is 3.07. The van der Waals surface area contributed by atoms with Crippen LogP contribution in [-0.4, -0.2) is 22.8 Å². The molecule has 27 heavy (non-hydrogen) atoms. The van der Waals surface area contributed by atoms with Crippen molar-refractivity contribution in [2.45, 2.75) is 20.1 Å². The fourth-order valence-electron chi connectivity index (χ4n) is 2.55. The average molecular weight is 388 g/mol. The van der Waals surface area contributed by atoms with Crippen molar-refractivity contribution in [3.8, 4) is 5.75 Å². The van der Waals surface area contributed by atoms with E-state index in [4.69, 9.17) is 4.74 Å². The van der Waals surface area contributed by atoms with E-state index < -0.39 is 11.6 Å². The van der Waals surface area contributed by atoms with Gasteiger partial charge in [0.25, 0.3) is 5.91 Å². The maximum Gasteiger partial charge on any atom is 0.254 e. The minimum atomic E-state index is -0.676. The third kappa shape index (κ3) is 4.89. The van der Waals surface area contributed by atoms with Crippen LogP contribution < -0.4 is 4.74 Å². The van der Waals surface area contributed by atoms with Crippen molar-refractivity contribution in [1.82, 2.24) is 9.88 Å². The number of thiazole rings is 1. The Labute approximate surface area is 160 Å². The highest BCUT2D eigenvalue weighted by Crippen LogP contribution is 2.19. The van der Waals surface area contributed by atoms with Crippen molar-refractivity contribution < 1.29 is 18.3 Å². The first-order valence-corrected chi connectivity index (χ1v) is 9.13. The Morgan fingerprint density at radius 1 is 1.22 bits per heavy atom. The van der Waals surface area contributed by atoms with Gasteiger partial charge < -0.3 is 9.64 Å². The molecule has 4 nitrogen and oxygen atoms in total. The first-order valence-electron chi connectivity index (χ1n) is 8.25. The van der Waals surface area contributed by atoms with Crippen LogP contribution in [0, 0.1) is 18.6 Å². The number of hydrogen-bond donors (Lipinski definition) is 0. The zero-order chi connectivity index (χ0) is 19.4. The minimum Gasteiger partial charge on any atom is -0.487 e. The molecule has 0 aliphatic rings. The summed E-state index contributed by atoms with van der Waals surface area (Å²) in [5.41, 5.74) is 1.50. The molecule has 1 amide bonds. The molecule has 0 bridgehead atoms. The summed E-state index contributed by atoms with van der Waals surface area (Å²) < 4.78 is 32.5. The monoisotopic (exact) mass is 388 g/mol. The summed E-state index contributed by atoms with van der Waals surface area (Å²) in [5, 5.41) is 2.89. The van der Waals surface area contributed by atoms with Crippen LogP contribution in [0.15, 0.2) is 47.8 Å². The van der Waals surface area contributed by atoms with E-state index in [1.807, 2.05) is 12.3 Å². The third-order valence-corrected chi connectivity index (χ3v) is 4.73. The number of rotatable bonds is 6. The van der Waals surface area contributed by atoms with Gasteiger partial charge >= 0.3 is 0 Å². The first-order chi connectivity index (χ1) is 12.9. The molecule has 0 saturated carbocycles. The molecule has 1 heterocycles. The molecule has 0 radical (unpaired) electrons. The molecule has 0 N–H and O–H groups in total. The molecule has 0 atom stereocenters. The van der Waals surface area contributed by atoms with E-state index in [0.29, 0.717) is 17.9 Å². The van der Waals surface area contributed by atoms with Crippen LogP contribution >= 0.6 is 11.3 Å². The van der Waals surface area contributed by atoms with Crippen LogP contribution in [0.3, 0.4) is 0 Å². The summed E-state index contributed by atoms with van der Waals surface area (Å²) in [6, 6.07) is 10.1. The molecule has 2 aromatic carbocycles. The van der Waals surface area contributed by atoms with Crippen molar-refractivity contribution in [3.05, 3.63) is 81.3 Å². The normalized spacial score (nSPS) is 10.7. The van der Waals surface area contributed by atoms with Crippen molar-refractivity contribution in [2.24, 2.45) is 0 Å². The molecule has 3 rings (SSSR count). The Bertz CT molecular complexity index is 959. The summed E-state index contributed by atoms with van der Waals surface area (Å²) in [7, 11) is 1.57. The minimum absolute atomic E-state index is 0.0358. The van der Waals surface area contributed by atoms with Crippen molar-refractivity contribution in [1.29, 1.82) is 0 Å². The summed E-state index contributed by atoms with van der Waals surface area (Å²) in [6.07, 6.45) is 0. The van der Waals surface area contributed by atoms with Gasteiger partial charge in [0.2, 0.25) is 0 Å². The van der Waals surface area contributed by atoms with E-state index in [1.54, 1.807) is 42.6 Å². The number of aromatic nitrogens is 1. The van der Waals surface area contributed by atoms with Crippen LogP contribution in [0.2, 0.25) is 0 Å². The molecule has 7 heteroatoms. The highest BCUT2D eigenvalue weighted by Gasteiger charge is 2.15. The standard InChI is InChI=1S/C20H18F2N2O2S/c1-13-23-17(12-27-13)11-26-18-5-3-4-14(8-18)20(25)24(2)10-15-6-7-16(21)9-19(15)22/h3-9,12H,10-11H2,1-2H3. The predicted molar refractivity (Wildman–Crippen MR) is 99.8 cm³/mol. The van der Waals surface area contributed by atoms with Crippen LogP contribution in [-0.2, 0) is 13.2 Å². The second-order valence-corrected chi connectivity index (χ2v) is 7.13. The number of nitrogens with zero attached hydrogens (tertiary/aromatic N) is 2. The molecule has 0 spiro atoms. The lowest BCUT2D eigenvalue weighted by molar-refractivity contribution is 0.0783. The lowest BCUT2D eigenvalue weighted by Crippen LogP contribution is -2.26. The molecule has 1 aromatic heterocycles. The van der Waals surface area contributed by atoms with Gasteiger partial charge in [-0.3, -0.25) is 4.79 Å². The largest absolute Gasteiger partial charge is 0.487 e. The molecular formula is C20H18F2N2O2S. The van der Waals surface area contributed by atoms with Gasteiger partial charge in [0.1, 0.15) is 24.0 Å². The van der Waals surface area contributed by atoms with E-state index in [0.717, 1.165) is 16.8 Å². The van der Waals surface area contributed by atoms with Crippen molar-refractivity contribution >= 4 is 17.2 Å². The number of benzene rings is 2. The Hall–Kier alpha value is -2.80. The molecule has 0 saturated heterocycles. The van der Waals surface area contributed by atoms with Crippen LogP contribution in [0.25, 0.3) is 0 Å². The molecule has 0 unspecified atom stereocenters. The zero-order valence-corrected chi connectivity index (χ0v) is 15.7. The number of halogens is 2. The SMILES string of the molecule is Cc1nc(COc2cccc(C(=O)N(C)Cc3ccc(F)cc3F)c2)cs1. The maximum absolute atomic E-state index is 13.8. The number of amides is 1.